The van der Waals surface area contributed by atoms with E-state index >= 15 is 0 Å². The van der Waals surface area contributed by atoms with Gasteiger partial charge < -0.3 is 14.6 Å². The highest BCUT2D eigenvalue weighted by molar-refractivity contribution is 6.08. The van der Waals surface area contributed by atoms with Crippen LogP contribution in [0.1, 0.15) is 12.5 Å². The highest BCUT2D eigenvalue weighted by Gasteiger charge is 2.10. The second kappa shape index (κ2) is 8.19. The van der Waals surface area contributed by atoms with E-state index in [1.165, 1.54) is 38.5 Å². The van der Waals surface area contributed by atoms with Crippen molar-refractivity contribution < 1.29 is 4.74 Å². The van der Waals surface area contributed by atoms with Gasteiger partial charge in [-0.05, 0) is 53.9 Å². The molecule has 5 aromatic rings. The van der Waals surface area contributed by atoms with Gasteiger partial charge in [0.1, 0.15) is 5.75 Å². The van der Waals surface area contributed by atoms with Gasteiger partial charge in [0.05, 0.1) is 12.8 Å². The van der Waals surface area contributed by atoms with Crippen LogP contribution in [0, 0.1) is 0 Å². The summed E-state index contributed by atoms with van der Waals surface area (Å²) in [5.41, 5.74) is 7.20. The third-order valence-corrected chi connectivity index (χ3v) is 5.94. The Hall–Kier alpha value is -3.72. The van der Waals surface area contributed by atoms with Crippen LogP contribution in [0.25, 0.3) is 32.9 Å². The fraction of sp³-hybridized carbons (Fsp3) is 0.143. The van der Waals surface area contributed by atoms with Gasteiger partial charge in [-0.2, -0.15) is 0 Å². The first-order valence-corrected chi connectivity index (χ1v) is 10.8. The van der Waals surface area contributed by atoms with Gasteiger partial charge in [0.2, 0.25) is 0 Å². The molecule has 0 radical (unpaired) electrons. The van der Waals surface area contributed by atoms with Gasteiger partial charge in [0.15, 0.2) is 0 Å². The summed E-state index contributed by atoms with van der Waals surface area (Å²) in [5.74, 6) is 0.850. The van der Waals surface area contributed by atoms with E-state index in [9.17, 15) is 0 Å². The summed E-state index contributed by atoms with van der Waals surface area (Å²) in [4.78, 5) is 0. The van der Waals surface area contributed by atoms with Crippen LogP contribution in [0.2, 0.25) is 0 Å². The van der Waals surface area contributed by atoms with Crippen molar-refractivity contribution in [2.24, 2.45) is 0 Å². The summed E-state index contributed by atoms with van der Waals surface area (Å²) in [5, 5.41) is 6.21. The summed E-state index contributed by atoms with van der Waals surface area (Å²) in [6.07, 6.45) is 0. The van der Waals surface area contributed by atoms with Gasteiger partial charge >= 0.3 is 0 Å². The summed E-state index contributed by atoms with van der Waals surface area (Å²) in [7, 11) is 1.72. The van der Waals surface area contributed by atoms with Crippen LogP contribution in [-0.4, -0.2) is 11.7 Å². The minimum absolute atomic E-state index is 0.732. The van der Waals surface area contributed by atoms with E-state index in [1.54, 1.807) is 7.11 Å². The monoisotopic (exact) mass is 406 g/mol. The molecule has 0 bridgehead atoms. The minimum Gasteiger partial charge on any atom is -0.495 e. The number of aryl methyl sites for hydroxylation is 1. The first-order valence-electron chi connectivity index (χ1n) is 10.8. The van der Waals surface area contributed by atoms with Gasteiger partial charge in [-0.25, -0.2) is 0 Å². The SMILES string of the molecule is CCn1c2ccccc2c2cc(CNc3cc(-c4ccccc4)ccc3OC)ccc21. The van der Waals surface area contributed by atoms with Crippen LogP contribution in [-0.2, 0) is 13.1 Å². The predicted molar refractivity (Wildman–Crippen MR) is 131 cm³/mol. The zero-order valence-corrected chi connectivity index (χ0v) is 17.9. The van der Waals surface area contributed by atoms with E-state index in [0.29, 0.717) is 0 Å². The van der Waals surface area contributed by atoms with Crippen molar-refractivity contribution in [1.29, 1.82) is 0 Å². The molecule has 0 unspecified atom stereocenters. The highest BCUT2D eigenvalue weighted by atomic mass is 16.5. The lowest BCUT2D eigenvalue weighted by Crippen LogP contribution is -2.02. The molecule has 4 aromatic carbocycles. The van der Waals surface area contributed by atoms with Crippen LogP contribution in [0.5, 0.6) is 5.75 Å². The molecule has 0 aliphatic rings. The third-order valence-electron chi connectivity index (χ3n) is 5.94. The van der Waals surface area contributed by atoms with E-state index < -0.39 is 0 Å². The number of ether oxygens (including phenoxy) is 1. The van der Waals surface area contributed by atoms with Crippen molar-refractivity contribution in [1.82, 2.24) is 4.57 Å². The zero-order chi connectivity index (χ0) is 21.2. The molecule has 1 N–H and O–H groups in total. The maximum atomic E-state index is 5.60. The Morgan fingerprint density at radius 2 is 1.52 bits per heavy atom. The standard InChI is InChI=1S/C28H26N2O/c1-3-30-26-12-8-7-11-23(26)24-17-20(13-15-27(24)30)19-29-25-18-22(14-16-28(25)31-2)21-9-5-4-6-10-21/h4-18,29H,3,19H2,1-2H3. The highest BCUT2D eigenvalue weighted by Crippen LogP contribution is 2.32. The van der Waals surface area contributed by atoms with Gasteiger partial charge in [-0.3, -0.25) is 0 Å². The Kier molecular flexibility index (Phi) is 5.09. The van der Waals surface area contributed by atoms with Crippen molar-refractivity contribution in [3.05, 3.63) is 96.6 Å². The lowest BCUT2D eigenvalue weighted by atomic mass is 10.0. The molecule has 0 aliphatic heterocycles. The first kappa shape index (κ1) is 19.3. The summed E-state index contributed by atoms with van der Waals surface area (Å²) in [6, 6.07) is 32.1. The molecular weight excluding hydrogens is 380 g/mol. The number of methoxy groups -OCH3 is 1. The predicted octanol–water partition coefficient (Wildman–Crippen LogP) is 7.10. The second-order valence-corrected chi connectivity index (χ2v) is 7.75. The van der Waals surface area contributed by atoms with Crippen LogP contribution < -0.4 is 10.1 Å². The van der Waals surface area contributed by atoms with Crippen LogP contribution >= 0.6 is 0 Å². The number of aromatic nitrogens is 1. The van der Waals surface area contributed by atoms with Crippen molar-refractivity contribution in [2.45, 2.75) is 20.0 Å². The number of benzene rings is 4. The second-order valence-electron chi connectivity index (χ2n) is 7.75. The minimum atomic E-state index is 0.732. The normalized spacial score (nSPS) is 11.2. The molecule has 0 saturated heterocycles. The molecule has 0 atom stereocenters. The number of nitrogens with zero attached hydrogens (tertiary/aromatic N) is 1. The van der Waals surface area contributed by atoms with Crippen molar-refractivity contribution in [3.8, 4) is 16.9 Å². The lowest BCUT2D eigenvalue weighted by Gasteiger charge is -2.14. The zero-order valence-electron chi connectivity index (χ0n) is 17.9. The number of hydrogen-bond acceptors (Lipinski definition) is 2. The molecule has 0 fully saturated rings. The molecule has 5 rings (SSSR count). The maximum absolute atomic E-state index is 5.60. The molecule has 3 heteroatoms. The van der Waals surface area contributed by atoms with Gasteiger partial charge in [0, 0.05) is 34.9 Å². The summed E-state index contributed by atoms with van der Waals surface area (Å²) >= 11 is 0. The molecule has 1 aromatic heterocycles. The molecule has 31 heavy (non-hydrogen) atoms. The number of para-hydroxylation sites is 1. The molecular formula is C28H26N2O. The van der Waals surface area contributed by atoms with Crippen molar-refractivity contribution in [2.75, 3.05) is 12.4 Å². The third kappa shape index (κ3) is 3.53. The average Bonchev–Trinajstić information content (AvgIpc) is 3.16. The summed E-state index contributed by atoms with van der Waals surface area (Å²) in [6.45, 7) is 3.90. The van der Waals surface area contributed by atoms with Gasteiger partial charge in [-0.15, -0.1) is 0 Å². The maximum Gasteiger partial charge on any atom is 0.141 e. The molecule has 0 aliphatic carbocycles. The largest absolute Gasteiger partial charge is 0.495 e. The average molecular weight is 407 g/mol. The van der Waals surface area contributed by atoms with E-state index in [-0.39, 0.29) is 0 Å². The first-order chi connectivity index (χ1) is 15.3. The van der Waals surface area contributed by atoms with Crippen LogP contribution in [0.15, 0.2) is 91.0 Å². The number of nitrogens with one attached hydrogen (secondary N) is 1. The van der Waals surface area contributed by atoms with E-state index in [0.717, 1.165) is 24.5 Å². The van der Waals surface area contributed by atoms with Gasteiger partial charge in [-0.1, -0.05) is 60.7 Å². The topological polar surface area (TPSA) is 26.2 Å². The fourth-order valence-corrected chi connectivity index (χ4v) is 4.41. The smallest absolute Gasteiger partial charge is 0.141 e. The van der Waals surface area contributed by atoms with E-state index in [1.807, 2.05) is 12.1 Å². The molecule has 0 amide bonds. The van der Waals surface area contributed by atoms with E-state index in [4.69, 9.17) is 4.74 Å². The molecule has 0 saturated carbocycles. The number of fused-ring (bicyclic) bond motifs is 3. The van der Waals surface area contributed by atoms with Crippen LogP contribution in [0.3, 0.4) is 0 Å². The molecule has 1 heterocycles. The Morgan fingerprint density at radius 3 is 2.32 bits per heavy atom. The molecule has 0 spiro atoms. The number of anilines is 1. The Labute approximate surface area is 182 Å². The Balaban J connectivity index is 1.48. The van der Waals surface area contributed by atoms with Crippen LogP contribution in [0.4, 0.5) is 5.69 Å². The van der Waals surface area contributed by atoms with E-state index in [2.05, 4.69) is 95.7 Å². The molecule has 154 valence electrons. The quantitative estimate of drug-likeness (QED) is 0.325. The Morgan fingerprint density at radius 1 is 0.742 bits per heavy atom. The lowest BCUT2D eigenvalue weighted by molar-refractivity contribution is 0.416. The van der Waals surface area contributed by atoms with Crippen molar-refractivity contribution in [3.63, 3.8) is 0 Å². The number of hydrogen-bond donors (Lipinski definition) is 1. The van der Waals surface area contributed by atoms with Crippen molar-refractivity contribution >= 4 is 27.5 Å². The number of rotatable bonds is 6. The molecule has 3 nitrogen and oxygen atoms in total. The fourth-order valence-electron chi connectivity index (χ4n) is 4.41. The summed E-state index contributed by atoms with van der Waals surface area (Å²) < 4.78 is 7.99. The van der Waals surface area contributed by atoms with Gasteiger partial charge in [0.25, 0.3) is 0 Å². The Bertz CT molecular complexity index is 1350.